The van der Waals surface area contributed by atoms with Crippen molar-refractivity contribution in [3.8, 4) is 0 Å². The second kappa shape index (κ2) is 7.84. The van der Waals surface area contributed by atoms with Gasteiger partial charge in [0.25, 0.3) is 0 Å². The van der Waals surface area contributed by atoms with Crippen LogP contribution < -0.4 is 5.32 Å². The summed E-state index contributed by atoms with van der Waals surface area (Å²) in [6.07, 6.45) is 0.988. The molecule has 1 amide bonds. The van der Waals surface area contributed by atoms with Gasteiger partial charge in [0, 0.05) is 11.4 Å². The van der Waals surface area contributed by atoms with Gasteiger partial charge in [-0.1, -0.05) is 31.2 Å². The Morgan fingerprint density at radius 1 is 1.05 bits per heavy atom. The maximum absolute atomic E-state index is 12.8. The summed E-state index contributed by atoms with van der Waals surface area (Å²) in [4.78, 5) is 11.8. The third kappa shape index (κ3) is 5.23. The van der Waals surface area contributed by atoms with Gasteiger partial charge in [-0.05, 0) is 41.8 Å². The number of aryl methyl sites for hydroxylation is 1. The maximum atomic E-state index is 12.8. The molecule has 2 aromatic rings. The van der Waals surface area contributed by atoms with E-state index in [9.17, 15) is 9.18 Å². The first kappa shape index (κ1) is 15.6. The van der Waals surface area contributed by atoms with E-state index in [4.69, 9.17) is 0 Å². The molecule has 0 bridgehead atoms. The first-order valence-electron chi connectivity index (χ1n) is 6.88. The first-order chi connectivity index (χ1) is 10.2. The van der Waals surface area contributed by atoms with Gasteiger partial charge in [0.15, 0.2) is 0 Å². The van der Waals surface area contributed by atoms with Crippen LogP contribution in [0.3, 0.4) is 0 Å². The largest absolute Gasteiger partial charge is 0.325 e. The second-order valence-corrected chi connectivity index (χ2v) is 5.70. The Hall–Kier alpha value is -1.81. The predicted octanol–water partition coefficient (Wildman–Crippen LogP) is 4.26. The summed E-state index contributed by atoms with van der Waals surface area (Å²) in [6.45, 7) is 2.10. The number of amides is 1. The van der Waals surface area contributed by atoms with Crippen molar-refractivity contribution >= 4 is 23.4 Å². The van der Waals surface area contributed by atoms with Crippen molar-refractivity contribution in [3.05, 3.63) is 65.5 Å². The fourth-order valence-corrected chi connectivity index (χ4v) is 2.65. The summed E-state index contributed by atoms with van der Waals surface area (Å²) in [7, 11) is 0. The van der Waals surface area contributed by atoms with Crippen LogP contribution >= 0.6 is 11.8 Å². The number of hydrogen-bond acceptors (Lipinski definition) is 2. The number of nitrogens with one attached hydrogen (secondary N) is 1. The topological polar surface area (TPSA) is 29.1 Å². The van der Waals surface area contributed by atoms with Crippen molar-refractivity contribution in [3.63, 3.8) is 0 Å². The minimum Gasteiger partial charge on any atom is -0.325 e. The molecule has 0 saturated heterocycles. The van der Waals surface area contributed by atoms with Gasteiger partial charge in [-0.3, -0.25) is 4.79 Å². The number of benzene rings is 2. The fourth-order valence-electron chi connectivity index (χ4n) is 1.86. The van der Waals surface area contributed by atoms with Crippen molar-refractivity contribution in [2.75, 3.05) is 11.1 Å². The molecule has 2 nitrogen and oxygen atoms in total. The summed E-state index contributed by atoms with van der Waals surface area (Å²) < 4.78 is 12.8. The van der Waals surface area contributed by atoms with Gasteiger partial charge in [0.2, 0.25) is 5.91 Å². The highest BCUT2D eigenvalue weighted by Gasteiger charge is 2.03. The molecule has 21 heavy (non-hydrogen) atoms. The first-order valence-corrected chi connectivity index (χ1v) is 8.04. The molecule has 2 rings (SSSR count). The van der Waals surface area contributed by atoms with Gasteiger partial charge in [0.05, 0.1) is 5.75 Å². The molecule has 1 N–H and O–H groups in total. The van der Waals surface area contributed by atoms with Crippen LogP contribution in [0.2, 0.25) is 0 Å². The molecule has 0 aliphatic heterocycles. The molecule has 0 spiro atoms. The second-order valence-electron chi connectivity index (χ2n) is 4.72. The molecule has 0 unspecified atom stereocenters. The van der Waals surface area contributed by atoms with Crippen LogP contribution in [0.4, 0.5) is 10.1 Å². The van der Waals surface area contributed by atoms with Crippen LogP contribution in [0.5, 0.6) is 0 Å². The Balaban J connectivity index is 1.75. The van der Waals surface area contributed by atoms with Gasteiger partial charge < -0.3 is 5.32 Å². The highest BCUT2D eigenvalue weighted by Crippen LogP contribution is 2.14. The molecule has 0 atom stereocenters. The average molecular weight is 303 g/mol. The SMILES string of the molecule is CCc1ccc(NC(=O)CSCc2ccc(F)cc2)cc1. The third-order valence-corrected chi connectivity index (χ3v) is 4.06. The van der Waals surface area contributed by atoms with E-state index in [0.29, 0.717) is 11.5 Å². The quantitative estimate of drug-likeness (QED) is 0.864. The van der Waals surface area contributed by atoms with Crippen molar-refractivity contribution < 1.29 is 9.18 Å². The smallest absolute Gasteiger partial charge is 0.234 e. The van der Waals surface area contributed by atoms with Crippen LogP contribution in [-0.4, -0.2) is 11.7 Å². The van der Waals surface area contributed by atoms with Crippen LogP contribution in [0.15, 0.2) is 48.5 Å². The highest BCUT2D eigenvalue weighted by atomic mass is 32.2. The Labute approximate surface area is 128 Å². The number of rotatable bonds is 6. The molecule has 4 heteroatoms. The molecule has 2 aromatic carbocycles. The lowest BCUT2D eigenvalue weighted by molar-refractivity contribution is -0.113. The molecule has 0 aromatic heterocycles. The monoisotopic (exact) mass is 303 g/mol. The number of anilines is 1. The molecular weight excluding hydrogens is 285 g/mol. The maximum Gasteiger partial charge on any atom is 0.234 e. The Morgan fingerprint density at radius 3 is 2.29 bits per heavy atom. The number of carbonyl (C=O) groups is 1. The van der Waals surface area contributed by atoms with E-state index in [1.807, 2.05) is 24.3 Å². The van der Waals surface area contributed by atoms with E-state index in [2.05, 4.69) is 12.2 Å². The van der Waals surface area contributed by atoms with Gasteiger partial charge in [-0.2, -0.15) is 0 Å². The van der Waals surface area contributed by atoms with Gasteiger partial charge in [-0.25, -0.2) is 4.39 Å². The average Bonchev–Trinajstić information content (AvgIpc) is 2.50. The van der Waals surface area contributed by atoms with Gasteiger partial charge in [0.1, 0.15) is 5.82 Å². The molecule has 0 heterocycles. The van der Waals surface area contributed by atoms with Gasteiger partial charge in [-0.15, -0.1) is 11.8 Å². The van der Waals surface area contributed by atoms with Crippen LogP contribution in [0, 0.1) is 5.82 Å². The van der Waals surface area contributed by atoms with E-state index in [-0.39, 0.29) is 11.7 Å². The molecule has 110 valence electrons. The summed E-state index contributed by atoms with van der Waals surface area (Å²) in [5.41, 5.74) is 3.08. The summed E-state index contributed by atoms with van der Waals surface area (Å²) >= 11 is 1.51. The summed E-state index contributed by atoms with van der Waals surface area (Å²) in [5.74, 6) is 0.818. The van der Waals surface area contributed by atoms with Crippen LogP contribution in [-0.2, 0) is 17.0 Å². The molecule has 0 aliphatic rings. The molecule has 0 fully saturated rings. The number of thioether (sulfide) groups is 1. The standard InChI is InChI=1S/C17H18FNOS/c1-2-13-5-9-16(10-6-13)19-17(20)12-21-11-14-3-7-15(18)8-4-14/h3-10H,2,11-12H2,1H3,(H,19,20). The summed E-state index contributed by atoms with van der Waals surface area (Å²) in [5, 5.41) is 2.87. The lowest BCUT2D eigenvalue weighted by atomic mass is 10.1. The number of hydrogen-bond donors (Lipinski definition) is 1. The molecular formula is C17H18FNOS. The van der Waals surface area contributed by atoms with E-state index in [0.717, 1.165) is 17.7 Å². The lowest BCUT2D eigenvalue weighted by Crippen LogP contribution is -2.14. The normalized spacial score (nSPS) is 10.4. The van der Waals surface area contributed by atoms with Crippen molar-refractivity contribution in [2.45, 2.75) is 19.1 Å². The highest BCUT2D eigenvalue weighted by molar-refractivity contribution is 7.99. The summed E-state index contributed by atoms with van der Waals surface area (Å²) in [6, 6.07) is 14.2. The minimum absolute atomic E-state index is 0.0219. The fraction of sp³-hybridized carbons (Fsp3) is 0.235. The Kier molecular flexibility index (Phi) is 5.81. The third-order valence-electron chi connectivity index (χ3n) is 3.06. The molecule has 0 radical (unpaired) electrons. The minimum atomic E-state index is -0.239. The molecule has 0 aliphatic carbocycles. The predicted molar refractivity (Wildman–Crippen MR) is 87.0 cm³/mol. The molecule has 0 saturated carbocycles. The van der Waals surface area contributed by atoms with E-state index < -0.39 is 0 Å². The van der Waals surface area contributed by atoms with E-state index in [1.165, 1.54) is 29.5 Å². The zero-order valence-electron chi connectivity index (χ0n) is 11.9. The van der Waals surface area contributed by atoms with E-state index in [1.54, 1.807) is 12.1 Å². The van der Waals surface area contributed by atoms with Crippen LogP contribution in [0.25, 0.3) is 0 Å². The van der Waals surface area contributed by atoms with Crippen LogP contribution in [0.1, 0.15) is 18.1 Å². The Bertz CT molecular complexity index is 581. The zero-order valence-corrected chi connectivity index (χ0v) is 12.8. The number of halogens is 1. The van der Waals surface area contributed by atoms with Crippen molar-refractivity contribution in [2.24, 2.45) is 0 Å². The van der Waals surface area contributed by atoms with Crippen molar-refractivity contribution in [1.82, 2.24) is 0 Å². The van der Waals surface area contributed by atoms with Gasteiger partial charge >= 0.3 is 0 Å². The number of carbonyl (C=O) groups excluding carboxylic acids is 1. The Morgan fingerprint density at radius 2 is 1.67 bits per heavy atom. The lowest BCUT2D eigenvalue weighted by Gasteiger charge is -2.06. The van der Waals surface area contributed by atoms with E-state index >= 15 is 0 Å². The zero-order chi connectivity index (χ0) is 15.1. The van der Waals surface area contributed by atoms with Crippen molar-refractivity contribution in [1.29, 1.82) is 0 Å².